The van der Waals surface area contributed by atoms with E-state index in [0.29, 0.717) is 4.96 Å². The molecule has 2 heterocycles. The number of hydrogen-bond acceptors (Lipinski definition) is 6. The number of methoxy groups -OCH3 is 1. The molecule has 0 fully saturated rings. The number of rotatable bonds is 8. The van der Waals surface area contributed by atoms with Gasteiger partial charge in [0, 0.05) is 5.75 Å². The van der Waals surface area contributed by atoms with Crippen LogP contribution in [0.1, 0.15) is 39.0 Å². The summed E-state index contributed by atoms with van der Waals surface area (Å²) in [5.41, 5.74) is -0.340. The quantitative estimate of drug-likeness (QED) is 0.553. The molecule has 0 aliphatic rings. The number of nitrogens with zero attached hydrogens (tertiary/aromatic N) is 3. The van der Waals surface area contributed by atoms with Crippen molar-refractivity contribution in [1.82, 2.24) is 14.6 Å². The van der Waals surface area contributed by atoms with Gasteiger partial charge in [0.25, 0.3) is 0 Å². The van der Waals surface area contributed by atoms with Crippen molar-refractivity contribution >= 4 is 28.1 Å². The highest BCUT2D eigenvalue weighted by molar-refractivity contribution is 8.01. The Kier molecular flexibility index (Phi) is 5.85. The first-order chi connectivity index (χ1) is 9.74. The predicted molar refractivity (Wildman–Crippen MR) is 83.2 cm³/mol. The summed E-state index contributed by atoms with van der Waals surface area (Å²) in [7, 11) is 1.46. The van der Waals surface area contributed by atoms with Crippen LogP contribution >= 0.6 is 23.1 Å². The van der Waals surface area contributed by atoms with Crippen molar-refractivity contribution in [3.63, 3.8) is 0 Å². The topological polar surface area (TPSA) is 56.5 Å². The molecule has 0 N–H and O–H groups in total. The fourth-order valence-corrected chi connectivity index (χ4v) is 3.78. The minimum absolute atomic E-state index is 0.226. The van der Waals surface area contributed by atoms with E-state index in [1.165, 1.54) is 50.6 Å². The Bertz CT molecular complexity index is 609. The Morgan fingerprint density at radius 1 is 1.35 bits per heavy atom. The maximum Gasteiger partial charge on any atom is 0.316 e. The van der Waals surface area contributed by atoms with Gasteiger partial charge in [-0.05, 0) is 6.42 Å². The lowest BCUT2D eigenvalue weighted by molar-refractivity contribution is 0.404. The standard InChI is InChI=1S/C13H19N3O2S2/c1-3-4-5-6-7-8-19-13-15-16-9-10(18-2)11(17)14-12(16)20-13/h9H,3-8H2,1-2H3. The van der Waals surface area contributed by atoms with Crippen molar-refractivity contribution in [2.45, 2.75) is 43.4 Å². The number of ether oxygens (including phenoxy) is 1. The highest BCUT2D eigenvalue weighted by Gasteiger charge is 2.09. The Morgan fingerprint density at radius 2 is 2.15 bits per heavy atom. The molecule has 0 spiro atoms. The fraction of sp³-hybridized carbons (Fsp3) is 0.615. The van der Waals surface area contributed by atoms with E-state index in [1.54, 1.807) is 22.5 Å². The summed E-state index contributed by atoms with van der Waals surface area (Å²) in [6.45, 7) is 2.22. The lowest BCUT2D eigenvalue weighted by Crippen LogP contribution is -2.10. The van der Waals surface area contributed by atoms with Gasteiger partial charge in [0.1, 0.15) is 0 Å². The van der Waals surface area contributed by atoms with Crippen LogP contribution in [0.4, 0.5) is 0 Å². The van der Waals surface area contributed by atoms with Crippen LogP contribution in [0.25, 0.3) is 4.96 Å². The number of fused-ring (bicyclic) bond motifs is 1. The van der Waals surface area contributed by atoms with Crippen LogP contribution in [-0.2, 0) is 0 Å². The zero-order valence-corrected chi connectivity index (χ0v) is 13.4. The van der Waals surface area contributed by atoms with E-state index in [2.05, 4.69) is 17.0 Å². The highest BCUT2D eigenvalue weighted by atomic mass is 32.2. The smallest absolute Gasteiger partial charge is 0.316 e. The average Bonchev–Trinajstić information content (AvgIpc) is 2.83. The van der Waals surface area contributed by atoms with E-state index in [-0.39, 0.29) is 11.3 Å². The number of thioether (sulfide) groups is 1. The molecule has 5 nitrogen and oxygen atoms in total. The molecule has 0 aromatic carbocycles. The summed E-state index contributed by atoms with van der Waals surface area (Å²) in [6, 6.07) is 0. The molecular weight excluding hydrogens is 294 g/mol. The monoisotopic (exact) mass is 313 g/mol. The van der Waals surface area contributed by atoms with E-state index in [9.17, 15) is 4.79 Å². The summed E-state index contributed by atoms with van der Waals surface area (Å²) in [5, 5.41) is 4.41. The summed E-state index contributed by atoms with van der Waals surface area (Å²) in [6.07, 6.45) is 7.96. The molecule has 20 heavy (non-hydrogen) atoms. The van der Waals surface area contributed by atoms with Gasteiger partial charge in [-0.15, -0.1) is 5.10 Å². The summed E-state index contributed by atoms with van der Waals surface area (Å²) in [4.78, 5) is 16.1. The molecule has 2 aromatic rings. The number of hydrogen-bond donors (Lipinski definition) is 0. The van der Waals surface area contributed by atoms with Gasteiger partial charge in [0.2, 0.25) is 10.7 Å². The SMILES string of the molecule is CCCCCCCSc1nn2cc(OC)c(=O)nc2s1. The van der Waals surface area contributed by atoms with Gasteiger partial charge >= 0.3 is 5.56 Å². The van der Waals surface area contributed by atoms with Crippen molar-refractivity contribution in [3.8, 4) is 5.75 Å². The molecule has 2 rings (SSSR count). The van der Waals surface area contributed by atoms with Gasteiger partial charge in [-0.3, -0.25) is 4.79 Å². The molecule has 0 amide bonds. The van der Waals surface area contributed by atoms with Gasteiger partial charge in [0.05, 0.1) is 13.3 Å². The normalized spacial score (nSPS) is 11.1. The molecule has 0 aliphatic carbocycles. The molecule has 0 saturated carbocycles. The van der Waals surface area contributed by atoms with Crippen LogP contribution in [0.15, 0.2) is 15.3 Å². The van der Waals surface area contributed by atoms with Crippen LogP contribution in [0.5, 0.6) is 5.75 Å². The Labute approximate surface area is 126 Å². The van der Waals surface area contributed by atoms with Gasteiger partial charge in [0.15, 0.2) is 4.34 Å². The van der Waals surface area contributed by atoms with Gasteiger partial charge in [-0.25, -0.2) is 4.52 Å². The zero-order chi connectivity index (χ0) is 14.4. The molecule has 0 radical (unpaired) electrons. The zero-order valence-electron chi connectivity index (χ0n) is 11.8. The van der Waals surface area contributed by atoms with E-state index in [1.807, 2.05) is 0 Å². The third kappa shape index (κ3) is 3.96. The second kappa shape index (κ2) is 7.64. The van der Waals surface area contributed by atoms with Gasteiger partial charge in [-0.1, -0.05) is 55.7 Å². The molecule has 110 valence electrons. The van der Waals surface area contributed by atoms with Crippen LogP contribution in [0.2, 0.25) is 0 Å². The summed E-state index contributed by atoms with van der Waals surface area (Å²) < 4.78 is 7.52. The first-order valence-corrected chi connectivity index (χ1v) is 8.62. The molecular formula is C13H19N3O2S2. The predicted octanol–water partition coefficient (Wildman–Crippen LogP) is 3.22. The molecule has 0 unspecified atom stereocenters. The highest BCUT2D eigenvalue weighted by Crippen LogP contribution is 2.25. The third-order valence-corrected chi connectivity index (χ3v) is 5.05. The van der Waals surface area contributed by atoms with E-state index >= 15 is 0 Å². The van der Waals surface area contributed by atoms with Crippen LogP contribution in [-0.4, -0.2) is 27.5 Å². The Morgan fingerprint density at radius 3 is 2.90 bits per heavy atom. The molecule has 0 bridgehead atoms. The first kappa shape index (κ1) is 15.3. The van der Waals surface area contributed by atoms with Crippen LogP contribution in [0.3, 0.4) is 0 Å². The van der Waals surface area contributed by atoms with E-state index < -0.39 is 0 Å². The first-order valence-electron chi connectivity index (χ1n) is 6.82. The van der Waals surface area contributed by atoms with Gasteiger partial charge < -0.3 is 4.74 Å². The van der Waals surface area contributed by atoms with E-state index in [4.69, 9.17) is 4.74 Å². The second-order valence-corrected chi connectivity index (χ2v) is 6.77. The minimum atomic E-state index is -0.340. The Balaban J connectivity index is 1.93. The van der Waals surface area contributed by atoms with Crippen molar-refractivity contribution in [1.29, 1.82) is 0 Å². The molecule has 2 aromatic heterocycles. The number of unbranched alkanes of at least 4 members (excludes halogenated alkanes) is 4. The maximum atomic E-state index is 11.6. The Hall–Kier alpha value is -1.08. The molecule has 0 aliphatic heterocycles. The lowest BCUT2D eigenvalue weighted by Gasteiger charge is -1.98. The third-order valence-electron chi connectivity index (χ3n) is 2.90. The van der Waals surface area contributed by atoms with E-state index in [0.717, 1.165) is 10.1 Å². The van der Waals surface area contributed by atoms with Crippen molar-refractivity contribution in [3.05, 3.63) is 16.6 Å². The molecule has 0 atom stereocenters. The van der Waals surface area contributed by atoms with Crippen LogP contribution in [0, 0.1) is 0 Å². The van der Waals surface area contributed by atoms with Crippen molar-refractivity contribution in [2.24, 2.45) is 0 Å². The maximum absolute atomic E-state index is 11.6. The average molecular weight is 313 g/mol. The summed E-state index contributed by atoms with van der Waals surface area (Å²) in [5.74, 6) is 1.29. The lowest BCUT2D eigenvalue weighted by atomic mass is 10.2. The summed E-state index contributed by atoms with van der Waals surface area (Å²) >= 11 is 3.17. The van der Waals surface area contributed by atoms with Gasteiger partial charge in [-0.2, -0.15) is 4.98 Å². The molecule has 7 heteroatoms. The minimum Gasteiger partial charge on any atom is -0.490 e. The van der Waals surface area contributed by atoms with Crippen molar-refractivity contribution in [2.75, 3.05) is 12.9 Å². The fourth-order valence-electron chi connectivity index (χ4n) is 1.81. The molecule has 0 saturated heterocycles. The van der Waals surface area contributed by atoms with Crippen molar-refractivity contribution < 1.29 is 4.74 Å². The second-order valence-electron chi connectivity index (χ2n) is 4.47. The largest absolute Gasteiger partial charge is 0.490 e. The van der Waals surface area contributed by atoms with Crippen LogP contribution < -0.4 is 10.3 Å². The number of aromatic nitrogens is 3.